The first-order chi connectivity index (χ1) is 7.74. The monoisotopic (exact) mass is 259 g/mol. The molecule has 1 aromatic heterocycles. The summed E-state index contributed by atoms with van der Waals surface area (Å²) in [6.07, 6.45) is -8.31. The molecule has 0 saturated heterocycles. The lowest BCUT2D eigenvalue weighted by atomic mass is 10.1. The van der Waals surface area contributed by atoms with Crippen molar-refractivity contribution in [2.75, 3.05) is 0 Å². The van der Waals surface area contributed by atoms with E-state index in [1.165, 1.54) is 0 Å². The molecule has 9 heteroatoms. The molecule has 1 aromatic rings. The molecule has 0 aliphatic heterocycles. The van der Waals surface area contributed by atoms with E-state index in [1.54, 1.807) is 4.98 Å². The second kappa shape index (κ2) is 4.70. The SMILES string of the molecule is O=c1[nH]c(OC(F)(F)F)cc(C(F)F)c1CO. The van der Waals surface area contributed by atoms with Crippen LogP contribution in [-0.4, -0.2) is 16.5 Å². The van der Waals surface area contributed by atoms with Crippen LogP contribution in [0.5, 0.6) is 5.88 Å². The number of alkyl halides is 5. The molecule has 0 amide bonds. The maximum Gasteiger partial charge on any atom is 0.574 e. The molecule has 0 bridgehead atoms. The van der Waals surface area contributed by atoms with Gasteiger partial charge in [-0.3, -0.25) is 9.78 Å². The standard InChI is InChI=1S/C8H6F5NO3/c9-6(10)3-1-5(17-8(11,12)13)14-7(16)4(3)2-15/h1,6,15H,2H2,(H,14,16). The third-order valence-corrected chi connectivity index (χ3v) is 1.76. The Morgan fingerprint density at radius 2 is 2.00 bits per heavy atom. The van der Waals surface area contributed by atoms with Gasteiger partial charge in [-0.05, 0) is 0 Å². The van der Waals surface area contributed by atoms with Gasteiger partial charge in [0.1, 0.15) is 0 Å². The fourth-order valence-electron chi connectivity index (χ4n) is 1.12. The van der Waals surface area contributed by atoms with Crippen molar-refractivity contribution in [2.45, 2.75) is 19.4 Å². The van der Waals surface area contributed by atoms with Gasteiger partial charge in [-0.2, -0.15) is 0 Å². The zero-order valence-electron chi connectivity index (χ0n) is 8.02. The fraction of sp³-hybridized carbons (Fsp3) is 0.375. The van der Waals surface area contributed by atoms with E-state index in [1.807, 2.05) is 0 Å². The van der Waals surface area contributed by atoms with Gasteiger partial charge < -0.3 is 9.84 Å². The van der Waals surface area contributed by atoms with Crippen LogP contribution in [0.15, 0.2) is 10.9 Å². The Morgan fingerprint density at radius 3 is 2.41 bits per heavy atom. The number of halogens is 5. The average molecular weight is 259 g/mol. The number of hydrogen-bond acceptors (Lipinski definition) is 3. The van der Waals surface area contributed by atoms with E-state index in [4.69, 9.17) is 5.11 Å². The summed E-state index contributed by atoms with van der Waals surface area (Å²) in [5, 5.41) is 8.66. The third-order valence-electron chi connectivity index (χ3n) is 1.76. The van der Waals surface area contributed by atoms with Crippen LogP contribution in [0.2, 0.25) is 0 Å². The second-order valence-corrected chi connectivity index (χ2v) is 2.90. The van der Waals surface area contributed by atoms with Gasteiger partial charge in [0, 0.05) is 11.6 Å². The molecule has 96 valence electrons. The van der Waals surface area contributed by atoms with Crippen molar-refractivity contribution in [1.82, 2.24) is 4.98 Å². The van der Waals surface area contributed by atoms with Crippen molar-refractivity contribution >= 4 is 0 Å². The third kappa shape index (κ3) is 3.41. The molecule has 0 aromatic carbocycles. The molecule has 0 aliphatic rings. The normalized spacial score (nSPS) is 11.9. The predicted octanol–water partition coefficient (Wildman–Crippen LogP) is 1.70. The Kier molecular flexibility index (Phi) is 3.71. The van der Waals surface area contributed by atoms with E-state index in [0.717, 1.165) is 0 Å². The lowest BCUT2D eigenvalue weighted by Crippen LogP contribution is -2.23. The van der Waals surface area contributed by atoms with E-state index in [0.29, 0.717) is 6.07 Å². The van der Waals surface area contributed by atoms with Crippen LogP contribution in [0.3, 0.4) is 0 Å². The molecule has 0 saturated carbocycles. The summed E-state index contributed by atoms with van der Waals surface area (Å²) >= 11 is 0. The van der Waals surface area contributed by atoms with Gasteiger partial charge in [-0.15, -0.1) is 13.2 Å². The Morgan fingerprint density at radius 1 is 1.41 bits per heavy atom. The Labute approximate surface area is 90.6 Å². The number of aliphatic hydroxyl groups is 1. The highest BCUT2D eigenvalue weighted by Gasteiger charge is 2.32. The quantitative estimate of drug-likeness (QED) is 0.812. The second-order valence-electron chi connectivity index (χ2n) is 2.90. The summed E-state index contributed by atoms with van der Waals surface area (Å²) in [6.45, 7) is -1.01. The molecule has 1 heterocycles. The van der Waals surface area contributed by atoms with Crippen molar-refractivity contribution in [2.24, 2.45) is 0 Å². The minimum atomic E-state index is -5.11. The maximum absolute atomic E-state index is 12.4. The van der Waals surface area contributed by atoms with E-state index < -0.39 is 42.0 Å². The molecule has 0 aliphatic carbocycles. The van der Waals surface area contributed by atoms with Gasteiger partial charge in [-0.1, -0.05) is 0 Å². The molecular weight excluding hydrogens is 253 g/mol. The Balaban J connectivity index is 3.25. The molecule has 0 unspecified atom stereocenters. The number of aromatic nitrogens is 1. The minimum Gasteiger partial charge on any atom is -0.391 e. The molecule has 4 nitrogen and oxygen atoms in total. The number of aromatic amines is 1. The van der Waals surface area contributed by atoms with Crippen LogP contribution < -0.4 is 10.3 Å². The van der Waals surface area contributed by atoms with Crippen LogP contribution in [0, 0.1) is 0 Å². The van der Waals surface area contributed by atoms with Crippen LogP contribution in [0.4, 0.5) is 22.0 Å². The Bertz CT molecular complexity index is 453. The minimum absolute atomic E-state index is 0.325. The predicted molar refractivity (Wildman–Crippen MR) is 44.6 cm³/mol. The number of pyridine rings is 1. The van der Waals surface area contributed by atoms with Crippen molar-refractivity contribution in [3.8, 4) is 5.88 Å². The molecule has 2 N–H and O–H groups in total. The van der Waals surface area contributed by atoms with E-state index in [9.17, 15) is 26.7 Å². The van der Waals surface area contributed by atoms with E-state index >= 15 is 0 Å². The first-order valence-corrected chi connectivity index (χ1v) is 4.15. The number of aliphatic hydroxyl groups excluding tert-OH is 1. The van der Waals surface area contributed by atoms with Gasteiger partial charge in [0.15, 0.2) is 0 Å². The zero-order chi connectivity index (χ0) is 13.2. The smallest absolute Gasteiger partial charge is 0.391 e. The number of hydrogen-bond donors (Lipinski definition) is 2. The summed E-state index contributed by atoms with van der Waals surface area (Å²) < 4.78 is 63.5. The largest absolute Gasteiger partial charge is 0.574 e. The molecule has 17 heavy (non-hydrogen) atoms. The van der Waals surface area contributed by atoms with E-state index in [2.05, 4.69) is 4.74 Å². The lowest BCUT2D eigenvalue weighted by Gasteiger charge is -2.11. The van der Waals surface area contributed by atoms with Gasteiger partial charge >= 0.3 is 6.36 Å². The van der Waals surface area contributed by atoms with Crippen LogP contribution >= 0.6 is 0 Å². The average Bonchev–Trinajstić information content (AvgIpc) is 2.13. The number of nitrogens with one attached hydrogen (secondary N) is 1. The molecule has 0 radical (unpaired) electrons. The molecule has 0 fully saturated rings. The lowest BCUT2D eigenvalue weighted by molar-refractivity contribution is -0.276. The van der Waals surface area contributed by atoms with Gasteiger partial charge in [-0.25, -0.2) is 8.78 Å². The first kappa shape index (κ1) is 13.4. The fourth-order valence-corrected chi connectivity index (χ4v) is 1.12. The summed E-state index contributed by atoms with van der Waals surface area (Å²) in [4.78, 5) is 12.7. The van der Waals surface area contributed by atoms with Crippen LogP contribution in [0.25, 0.3) is 0 Å². The first-order valence-electron chi connectivity index (χ1n) is 4.15. The number of ether oxygens (including phenoxy) is 1. The van der Waals surface area contributed by atoms with Gasteiger partial charge in [0.05, 0.1) is 12.2 Å². The van der Waals surface area contributed by atoms with Crippen molar-refractivity contribution in [3.05, 3.63) is 27.5 Å². The zero-order valence-corrected chi connectivity index (χ0v) is 8.02. The summed E-state index contributed by atoms with van der Waals surface area (Å²) in [5.74, 6) is -1.16. The van der Waals surface area contributed by atoms with Crippen LogP contribution in [0.1, 0.15) is 17.6 Å². The number of rotatable bonds is 3. The highest BCUT2D eigenvalue weighted by molar-refractivity contribution is 5.30. The van der Waals surface area contributed by atoms with Gasteiger partial charge in [0.25, 0.3) is 12.0 Å². The van der Waals surface area contributed by atoms with Crippen molar-refractivity contribution in [3.63, 3.8) is 0 Å². The molecule has 0 spiro atoms. The van der Waals surface area contributed by atoms with Gasteiger partial charge in [0.2, 0.25) is 5.88 Å². The summed E-state index contributed by atoms with van der Waals surface area (Å²) in [5.41, 5.74) is -2.96. The molecule has 0 atom stereocenters. The van der Waals surface area contributed by atoms with Crippen molar-refractivity contribution < 1.29 is 31.8 Å². The summed E-state index contributed by atoms with van der Waals surface area (Å²) in [7, 11) is 0. The van der Waals surface area contributed by atoms with Crippen LogP contribution in [-0.2, 0) is 6.61 Å². The Hall–Kier alpha value is -1.64. The molecule has 1 rings (SSSR count). The highest BCUT2D eigenvalue weighted by Crippen LogP contribution is 2.26. The highest BCUT2D eigenvalue weighted by atomic mass is 19.4. The summed E-state index contributed by atoms with van der Waals surface area (Å²) in [6, 6.07) is 0.325. The maximum atomic E-state index is 12.4. The topological polar surface area (TPSA) is 62.3 Å². The molecular formula is C8H6F5NO3. The number of H-pyrrole nitrogens is 1. The van der Waals surface area contributed by atoms with Crippen molar-refractivity contribution in [1.29, 1.82) is 0 Å². The van der Waals surface area contributed by atoms with E-state index in [-0.39, 0.29) is 0 Å².